The molecule has 0 saturated heterocycles. The second kappa shape index (κ2) is 5.32. The van der Waals surface area contributed by atoms with Gasteiger partial charge in [-0.25, -0.2) is 4.79 Å². The minimum atomic E-state index is -1.04. The van der Waals surface area contributed by atoms with Gasteiger partial charge in [-0.15, -0.1) is 0 Å². The molecule has 0 atom stereocenters. The third-order valence-electron chi connectivity index (χ3n) is 2.67. The van der Waals surface area contributed by atoms with Crippen LogP contribution in [0, 0.1) is 0 Å². The van der Waals surface area contributed by atoms with Crippen molar-refractivity contribution < 1.29 is 14.6 Å². The van der Waals surface area contributed by atoms with E-state index in [-0.39, 0.29) is 5.69 Å². The monoisotopic (exact) mass is 280 g/mol. The molecule has 5 nitrogen and oxygen atoms in total. The summed E-state index contributed by atoms with van der Waals surface area (Å²) >= 11 is 5.98. The third-order valence-corrected chi connectivity index (χ3v) is 2.91. The molecule has 1 N–H and O–H groups in total. The van der Waals surface area contributed by atoms with Crippen LogP contribution in [0.15, 0.2) is 24.4 Å². The Balaban J connectivity index is 2.64. The lowest BCUT2D eigenvalue weighted by molar-refractivity contribution is 0.0686. The highest BCUT2D eigenvalue weighted by atomic mass is 35.5. The van der Waals surface area contributed by atoms with Crippen LogP contribution >= 0.6 is 11.6 Å². The molecule has 0 fully saturated rings. The number of aryl methyl sites for hydroxylation is 1. The van der Waals surface area contributed by atoms with Gasteiger partial charge >= 0.3 is 5.97 Å². The van der Waals surface area contributed by atoms with Gasteiger partial charge < -0.3 is 9.84 Å². The van der Waals surface area contributed by atoms with Crippen molar-refractivity contribution >= 4 is 17.6 Å². The summed E-state index contributed by atoms with van der Waals surface area (Å²) in [7, 11) is 1.58. The number of nitrogens with zero attached hydrogens (tertiary/aromatic N) is 2. The third kappa shape index (κ3) is 2.56. The van der Waals surface area contributed by atoms with E-state index < -0.39 is 5.97 Å². The van der Waals surface area contributed by atoms with E-state index in [0.29, 0.717) is 28.5 Å². The van der Waals surface area contributed by atoms with Crippen LogP contribution in [0.1, 0.15) is 17.4 Å². The van der Waals surface area contributed by atoms with Gasteiger partial charge in [-0.05, 0) is 25.1 Å². The van der Waals surface area contributed by atoms with Crippen molar-refractivity contribution in [1.29, 1.82) is 0 Å². The number of aromatic carboxylic acids is 1. The summed E-state index contributed by atoms with van der Waals surface area (Å²) in [5.74, 6) is -0.458. The molecule has 100 valence electrons. The molecule has 0 unspecified atom stereocenters. The van der Waals surface area contributed by atoms with E-state index in [2.05, 4.69) is 5.10 Å². The highest BCUT2D eigenvalue weighted by Crippen LogP contribution is 2.34. The molecule has 0 bridgehead atoms. The van der Waals surface area contributed by atoms with Crippen LogP contribution in [0.25, 0.3) is 11.1 Å². The average molecular weight is 281 g/mol. The maximum atomic E-state index is 11.3. The maximum Gasteiger partial charge on any atom is 0.354 e. The van der Waals surface area contributed by atoms with Crippen LogP contribution in [0.4, 0.5) is 0 Å². The van der Waals surface area contributed by atoms with Crippen molar-refractivity contribution in [3.8, 4) is 16.9 Å². The van der Waals surface area contributed by atoms with Gasteiger partial charge in [0.05, 0.1) is 12.8 Å². The zero-order chi connectivity index (χ0) is 14.0. The molecule has 19 heavy (non-hydrogen) atoms. The number of carboxylic acid groups (broad SMARTS) is 1. The molecule has 2 aromatic rings. The van der Waals surface area contributed by atoms with Gasteiger partial charge in [0, 0.05) is 23.2 Å². The molecule has 1 aromatic carbocycles. The number of aromatic nitrogens is 2. The largest absolute Gasteiger partial charge is 0.493 e. The van der Waals surface area contributed by atoms with Crippen LogP contribution < -0.4 is 4.74 Å². The molecule has 2 rings (SSSR count). The predicted octanol–water partition coefficient (Wildman–Crippen LogP) is 2.84. The van der Waals surface area contributed by atoms with Crippen LogP contribution in [-0.4, -0.2) is 27.5 Å². The molecule has 0 spiro atoms. The molecule has 0 amide bonds. The second-order valence-corrected chi connectivity index (χ2v) is 4.35. The fourth-order valence-corrected chi connectivity index (χ4v) is 2.05. The Bertz CT molecular complexity index is 622. The highest BCUT2D eigenvalue weighted by Gasteiger charge is 2.20. The van der Waals surface area contributed by atoms with Crippen molar-refractivity contribution in [3.05, 3.63) is 35.1 Å². The minimum absolute atomic E-state index is 0.100. The van der Waals surface area contributed by atoms with Gasteiger partial charge in [0.25, 0.3) is 0 Å². The standard InChI is InChI=1S/C13H13ClN2O3/c1-3-19-11-5-4-8(14)6-9(11)10-7-15-16(2)12(10)13(17)18/h4-7H,3H2,1-2H3,(H,17,18). The van der Waals surface area contributed by atoms with E-state index >= 15 is 0 Å². The Kier molecular flexibility index (Phi) is 3.76. The number of rotatable bonds is 4. The maximum absolute atomic E-state index is 11.3. The Morgan fingerprint density at radius 1 is 1.47 bits per heavy atom. The van der Waals surface area contributed by atoms with Crippen LogP contribution in [0.2, 0.25) is 5.02 Å². The topological polar surface area (TPSA) is 64.4 Å². The summed E-state index contributed by atoms with van der Waals surface area (Å²) < 4.78 is 6.82. The molecular formula is C13H13ClN2O3. The van der Waals surface area contributed by atoms with Gasteiger partial charge in [-0.3, -0.25) is 4.68 Å². The first-order valence-electron chi connectivity index (χ1n) is 5.72. The van der Waals surface area contributed by atoms with Gasteiger partial charge in [0.1, 0.15) is 5.75 Å². The van der Waals surface area contributed by atoms with Crippen molar-refractivity contribution in [1.82, 2.24) is 9.78 Å². The van der Waals surface area contributed by atoms with Gasteiger partial charge in [0.2, 0.25) is 0 Å². The summed E-state index contributed by atoms with van der Waals surface area (Å²) in [5.41, 5.74) is 1.21. The molecule has 0 saturated carbocycles. The molecule has 0 aliphatic carbocycles. The lowest BCUT2D eigenvalue weighted by atomic mass is 10.1. The minimum Gasteiger partial charge on any atom is -0.493 e. The van der Waals surface area contributed by atoms with E-state index in [4.69, 9.17) is 16.3 Å². The van der Waals surface area contributed by atoms with Crippen LogP contribution in [0.3, 0.4) is 0 Å². The quantitative estimate of drug-likeness (QED) is 0.935. The number of ether oxygens (including phenoxy) is 1. The molecule has 0 radical (unpaired) electrons. The number of halogens is 1. The predicted molar refractivity (Wildman–Crippen MR) is 71.8 cm³/mol. The second-order valence-electron chi connectivity index (χ2n) is 3.91. The number of benzene rings is 1. The zero-order valence-electron chi connectivity index (χ0n) is 10.6. The van der Waals surface area contributed by atoms with E-state index in [0.717, 1.165) is 0 Å². The summed E-state index contributed by atoms with van der Waals surface area (Å²) in [6.07, 6.45) is 1.50. The molecule has 1 heterocycles. The zero-order valence-corrected chi connectivity index (χ0v) is 11.3. The van der Waals surface area contributed by atoms with Gasteiger partial charge in [-0.2, -0.15) is 5.10 Å². The molecule has 0 aliphatic heterocycles. The smallest absolute Gasteiger partial charge is 0.354 e. The number of hydrogen-bond donors (Lipinski definition) is 1. The number of carbonyl (C=O) groups is 1. The molecular weight excluding hydrogens is 268 g/mol. The highest BCUT2D eigenvalue weighted by molar-refractivity contribution is 6.31. The Morgan fingerprint density at radius 2 is 2.21 bits per heavy atom. The van der Waals surface area contributed by atoms with E-state index in [1.54, 1.807) is 25.2 Å². The van der Waals surface area contributed by atoms with Crippen molar-refractivity contribution in [2.75, 3.05) is 6.61 Å². The van der Waals surface area contributed by atoms with Gasteiger partial charge in [0.15, 0.2) is 5.69 Å². The Hall–Kier alpha value is -2.01. The first-order valence-corrected chi connectivity index (χ1v) is 6.10. The van der Waals surface area contributed by atoms with E-state index in [1.165, 1.54) is 10.9 Å². The normalized spacial score (nSPS) is 10.5. The van der Waals surface area contributed by atoms with E-state index in [1.807, 2.05) is 6.92 Å². The van der Waals surface area contributed by atoms with Crippen molar-refractivity contribution in [3.63, 3.8) is 0 Å². The van der Waals surface area contributed by atoms with E-state index in [9.17, 15) is 9.90 Å². The van der Waals surface area contributed by atoms with Crippen molar-refractivity contribution in [2.45, 2.75) is 6.92 Å². The summed E-state index contributed by atoms with van der Waals surface area (Å²) in [4.78, 5) is 11.3. The lowest BCUT2D eigenvalue weighted by Gasteiger charge is -2.10. The Morgan fingerprint density at radius 3 is 2.84 bits per heavy atom. The fourth-order valence-electron chi connectivity index (χ4n) is 1.88. The molecule has 0 aliphatic rings. The summed E-state index contributed by atoms with van der Waals surface area (Å²) in [6, 6.07) is 5.10. The van der Waals surface area contributed by atoms with Crippen LogP contribution in [0.5, 0.6) is 5.75 Å². The van der Waals surface area contributed by atoms with Gasteiger partial charge in [-0.1, -0.05) is 11.6 Å². The summed E-state index contributed by atoms with van der Waals surface area (Å²) in [6.45, 7) is 2.34. The SMILES string of the molecule is CCOc1ccc(Cl)cc1-c1cnn(C)c1C(=O)O. The number of hydrogen-bond acceptors (Lipinski definition) is 3. The Labute approximate surface area is 115 Å². The molecule has 6 heteroatoms. The summed E-state index contributed by atoms with van der Waals surface area (Å²) in [5, 5.41) is 13.7. The first kappa shape index (κ1) is 13.4. The average Bonchev–Trinajstić information content (AvgIpc) is 2.73. The lowest BCUT2D eigenvalue weighted by Crippen LogP contribution is -2.07. The molecule has 1 aromatic heterocycles. The first-order chi connectivity index (χ1) is 9.04. The van der Waals surface area contributed by atoms with Crippen molar-refractivity contribution in [2.24, 2.45) is 7.05 Å². The number of carboxylic acids is 1. The fraction of sp³-hybridized carbons (Fsp3) is 0.231. The van der Waals surface area contributed by atoms with Crippen LogP contribution in [-0.2, 0) is 7.05 Å².